The Kier molecular flexibility index (Phi) is 12.7. The number of aryl methyl sites for hydroxylation is 7. The largest absolute Gasteiger partial charge is 1.00 e. The van der Waals surface area contributed by atoms with Crippen LogP contribution in [0.1, 0.15) is 157 Å². The molecule has 20 rings (SSSR count). The molecule has 7 nitrogen and oxygen atoms in total. The summed E-state index contributed by atoms with van der Waals surface area (Å²) in [5.74, 6) is 2.66. The molecule has 10 aromatic rings. The molecule has 0 radical (unpaired) electrons. The molecule has 12 heteroatoms. The molecule has 10 aromatic carbocycles. The number of benzene rings is 10. The van der Waals surface area contributed by atoms with Crippen LogP contribution in [0.2, 0.25) is 0 Å². The van der Waals surface area contributed by atoms with Gasteiger partial charge in [-0.25, -0.2) is 8.42 Å². The molecule has 2 N–H and O–H groups in total. The molecule has 0 spiro atoms. The Bertz CT molecular complexity index is 6170. The molecule has 10 aliphatic rings. The van der Waals surface area contributed by atoms with E-state index in [0.29, 0.717) is 22.8 Å². The average Bonchev–Trinajstić information content (AvgIpc) is 0.658. The predicted molar refractivity (Wildman–Crippen MR) is 371 cm³/mol. The summed E-state index contributed by atoms with van der Waals surface area (Å²) in [5.41, 5.74) is 39.3. The van der Waals surface area contributed by atoms with Crippen LogP contribution in [-0.2, 0) is 19.4 Å². The smallest absolute Gasteiger partial charge is 0.870 e. The zero-order chi connectivity index (χ0) is 62.4. The van der Waals surface area contributed by atoms with Crippen LogP contribution in [0.3, 0.4) is 0 Å². The van der Waals surface area contributed by atoms with Gasteiger partial charge in [0.2, 0.25) is 0 Å². The van der Waals surface area contributed by atoms with Crippen molar-refractivity contribution in [2.24, 2.45) is 5.92 Å². The minimum atomic E-state index is -4.77. The predicted octanol–water partition coefficient (Wildman–Crippen LogP) is 12.6. The first-order valence-electron chi connectivity index (χ1n) is 31.1. The molecule has 10 aliphatic carbocycles. The molecule has 446 valence electrons. The van der Waals surface area contributed by atoms with Crippen molar-refractivity contribution in [2.75, 3.05) is 0 Å². The summed E-state index contributed by atoms with van der Waals surface area (Å²) in [6.45, 7) is 38.4. The summed E-state index contributed by atoms with van der Waals surface area (Å²) < 4.78 is 64.9. The molecule has 92 heavy (non-hydrogen) atoms. The van der Waals surface area contributed by atoms with Gasteiger partial charge < -0.3 is 10.0 Å². The molecule has 0 aromatic heterocycles. The minimum Gasteiger partial charge on any atom is -0.870 e. The number of allylic oxidation sites excluding steroid dienone is 15. The number of halogens is 1. The molecule has 0 bridgehead atoms. The zero-order valence-corrected chi connectivity index (χ0v) is 57.4. The molecule has 0 fully saturated rings. The molecular formula is C80H64ClLi2O7S2+. The Labute approximate surface area is 564 Å². The molecule has 0 saturated carbocycles. The van der Waals surface area contributed by atoms with Gasteiger partial charge in [0.25, 0.3) is 0 Å². The van der Waals surface area contributed by atoms with Gasteiger partial charge in [-0.1, -0.05) is 24.8 Å². The van der Waals surface area contributed by atoms with Crippen molar-refractivity contribution >= 4 is 147 Å². The summed E-state index contributed by atoms with van der Waals surface area (Å²) in [5, 5.41) is 22.2. The van der Waals surface area contributed by atoms with Crippen LogP contribution in [0.4, 0.5) is 0 Å². The van der Waals surface area contributed by atoms with E-state index in [1.807, 2.05) is 13.0 Å². The molecular weight excluding hydrogens is 1190 g/mol. The first-order chi connectivity index (χ1) is 42.0. The summed E-state index contributed by atoms with van der Waals surface area (Å²) in [7, 11) is -4.91. The first kappa shape index (κ1) is 61.5. The van der Waals surface area contributed by atoms with Crippen LogP contribution in [0, 0.1) is 60.3 Å². The van der Waals surface area contributed by atoms with E-state index in [4.69, 9.17) is 19.5 Å². The first-order valence-corrected chi connectivity index (χ1v) is 34.7. The van der Waals surface area contributed by atoms with Gasteiger partial charge in [-0.3, -0.25) is 4.55 Å². The van der Waals surface area contributed by atoms with Crippen molar-refractivity contribution in [1.29, 1.82) is 0 Å². The van der Waals surface area contributed by atoms with E-state index < -0.39 is 19.4 Å². The fourth-order valence-electron chi connectivity index (χ4n) is 20.8. The van der Waals surface area contributed by atoms with Gasteiger partial charge in [0.15, 0.2) is 0 Å². The second-order valence-electron chi connectivity index (χ2n) is 27.9. The second kappa shape index (κ2) is 19.1. The maximum Gasteiger partial charge on any atom is 1.00 e. The van der Waals surface area contributed by atoms with Crippen molar-refractivity contribution in [2.45, 2.75) is 127 Å². The summed E-state index contributed by atoms with van der Waals surface area (Å²) in [4.78, 5) is -0.0560. The van der Waals surface area contributed by atoms with Crippen LogP contribution >= 0.6 is 10.7 Å². The van der Waals surface area contributed by atoms with Crippen molar-refractivity contribution < 1.29 is 69.1 Å². The van der Waals surface area contributed by atoms with Gasteiger partial charge in [0, 0.05) is 89.5 Å². The normalized spacial score (nSPS) is 20.3. The maximum absolute atomic E-state index is 13.2. The fourth-order valence-corrected chi connectivity index (χ4v) is 21.7. The van der Waals surface area contributed by atoms with E-state index in [2.05, 4.69) is 168 Å². The third kappa shape index (κ3) is 7.04. The van der Waals surface area contributed by atoms with Crippen LogP contribution in [0.15, 0.2) is 125 Å². The van der Waals surface area contributed by atoms with Gasteiger partial charge in [0.05, 0.1) is 38.1 Å². The third-order valence-corrected chi connectivity index (χ3v) is 24.7. The van der Waals surface area contributed by atoms with Crippen LogP contribution < -0.4 is 48.2 Å². The third-order valence-electron chi connectivity index (χ3n) is 23.7. The molecule has 0 aliphatic heterocycles. The van der Waals surface area contributed by atoms with Crippen molar-refractivity contribution in [1.82, 2.24) is 0 Å². The van der Waals surface area contributed by atoms with Gasteiger partial charge in [-0.2, -0.15) is 8.42 Å². The van der Waals surface area contributed by atoms with E-state index >= 15 is 0 Å². The Morgan fingerprint density at radius 2 is 0.870 bits per heavy atom. The number of rotatable bonds is 1. The van der Waals surface area contributed by atoms with Gasteiger partial charge in [0.1, 0.15) is 10.1 Å². The Balaban J connectivity index is 0.000000139. The Morgan fingerprint density at radius 1 is 0.446 bits per heavy atom. The molecule has 4 unspecified atom stereocenters. The zero-order valence-electron chi connectivity index (χ0n) is 55.0. The van der Waals surface area contributed by atoms with E-state index in [1.165, 1.54) is 193 Å². The number of hydrogen-bond acceptors (Lipinski definition) is 6. The monoisotopic (exact) mass is 1250 g/mol. The number of hydrogen-bond donors (Lipinski definition) is 1. The van der Waals surface area contributed by atoms with E-state index in [-0.39, 0.29) is 59.9 Å². The van der Waals surface area contributed by atoms with Gasteiger partial charge >= 0.3 is 47.1 Å². The van der Waals surface area contributed by atoms with Crippen LogP contribution in [-0.4, -0.2) is 31.4 Å². The van der Waals surface area contributed by atoms with Gasteiger partial charge in [-0.15, -0.1) is 0 Å². The van der Waals surface area contributed by atoms with E-state index in [0.717, 1.165) is 38.2 Å². The SMILES string of the molecule is C=c1c(C)c2c(C)cc3c4c2c2c1c(C)cc1cc5c6c(c12)[C+]4C1=C(C=C(C)C2=C(C)C(C)=C(C(C)=C5)C6C21)C=3.CC1=Cc2cc3cc(C)c4c(C)c(C)c5c(C)c(S(=O)(=O)[O-])c6cc7c8c9c(c2C2C1=C(C)C(C)=C(C(C)=C7)C82)c3c4c5c69.O=S(=O)(O)Cl.[Li+].[Li+].[OH-]. The second-order valence-corrected chi connectivity index (χ2v) is 31.2. The van der Waals surface area contributed by atoms with Crippen LogP contribution in [0.25, 0.3) is 117 Å². The summed E-state index contributed by atoms with van der Waals surface area (Å²) >= 11 is 0. The molecule has 0 heterocycles. The summed E-state index contributed by atoms with van der Waals surface area (Å²) in [6, 6.07) is 14.3. The molecule has 0 saturated heterocycles. The maximum atomic E-state index is 13.2. The molecule has 4 atom stereocenters. The standard InChI is InChI=1S/C40H32O3S.C40H31.ClHO3S.2Li.H2O/c1-14-9-22-12-23-10-15(2)28-19(6)20(7)29-21(8)40(44(41,42)43)25-13-24-11-16(3)27-18(5)17(4)26(14)34-30(22)38-31(23)36(28)37(29)33(25)39(38)32(24)35(27)34;1-15-9-23-13-24-10-17(3)29-21(7)22(8)30-18(4)12-26-14-25-11-16(2)28-20(6)19(5)27(15)35-31(23)39-33(24)37(29)38(30)34(26)40(39)32(25)36(28)35;1-5(2,3)4;;;/h9-13,34-35H,1-8H3,(H,41,42,43);9-14,37-38H,5H2,1-4,6-8H3;(H,2,3,4);;;1H2/q;+1;;2*+1;/p-2. The topological polar surface area (TPSA) is 142 Å². The minimum absolute atomic E-state index is 0. The van der Waals surface area contributed by atoms with Crippen LogP contribution in [0.5, 0.6) is 0 Å². The van der Waals surface area contributed by atoms with E-state index in [1.54, 1.807) is 22.3 Å². The van der Waals surface area contributed by atoms with Gasteiger partial charge in [-0.05, 0) is 328 Å². The molecule has 0 amide bonds. The average molecular weight is 1250 g/mol. The van der Waals surface area contributed by atoms with Crippen molar-refractivity contribution in [3.63, 3.8) is 0 Å². The quantitative estimate of drug-likeness (QED) is 0.0431. The Hall–Kier alpha value is -6.67. The Morgan fingerprint density at radius 3 is 1.42 bits per heavy atom. The van der Waals surface area contributed by atoms with E-state index in [9.17, 15) is 13.0 Å². The fraction of sp³-hybridized carbons (Fsp3) is 0.237. The van der Waals surface area contributed by atoms with Crippen molar-refractivity contribution in [3.8, 4) is 0 Å². The summed E-state index contributed by atoms with van der Waals surface area (Å²) in [6.07, 6.45) is 12.2. The van der Waals surface area contributed by atoms with Crippen molar-refractivity contribution in [3.05, 3.63) is 220 Å².